The fourth-order valence-corrected chi connectivity index (χ4v) is 9.43. The number of aromatic nitrogens is 5. The summed E-state index contributed by atoms with van der Waals surface area (Å²) in [6, 6.07) is 70.2. The zero-order chi connectivity index (χ0) is 40.0. The summed E-state index contributed by atoms with van der Waals surface area (Å²) in [7, 11) is 0. The molecule has 0 saturated carbocycles. The molecule has 0 amide bonds. The maximum atomic E-state index is 6.76. The van der Waals surface area contributed by atoms with Crippen LogP contribution in [0, 0.1) is 0 Å². The fraction of sp³-hybridized carbons (Fsp3) is 0. The molecule has 61 heavy (non-hydrogen) atoms. The van der Waals surface area contributed by atoms with Crippen molar-refractivity contribution in [3.05, 3.63) is 200 Å². The first kappa shape index (κ1) is 33.6. The number of benzene rings is 9. The lowest BCUT2D eigenvalue weighted by molar-refractivity contribution is 0.669. The third-order valence-corrected chi connectivity index (χ3v) is 12.2. The number of hydrogen-bond acceptors (Lipinski definition) is 4. The first-order valence-electron chi connectivity index (χ1n) is 20.5. The van der Waals surface area contributed by atoms with E-state index in [0.717, 1.165) is 82.6 Å². The highest BCUT2D eigenvalue weighted by Gasteiger charge is 2.21. The summed E-state index contributed by atoms with van der Waals surface area (Å²) < 4.78 is 11.5. The lowest BCUT2D eigenvalue weighted by Gasteiger charge is -2.15. The highest BCUT2D eigenvalue weighted by molar-refractivity contribution is 6.18. The zero-order valence-corrected chi connectivity index (χ0v) is 32.7. The molecule has 0 fully saturated rings. The van der Waals surface area contributed by atoms with Crippen LogP contribution in [0.25, 0.3) is 122 Å². The van der Waals surface area contributed by atoms with Gasteiger partial charge in [0.1, 0.15) is 11.2 Å². The van der Waals surface area contributed by atoms with E-state index in [-0.39, 0.29) is 0 Å². The summed E-state index contributed by atoms with van der Waals surface area (Å²) in [4.78, 5) is 15.2. The molecule has 0 aliphatic heterocycles. The van der Waals surface area contributed by atoms with Gasteiger partial charge < -0.3 is 13.6 Å². The largest absolute Gasteiger partial charge is 0.456 e. The Bertz CT molecular complexity index is 3770. The van der Waals surface area contributed by atoms with E-state index in [1.54, 1.807) is 0 Å². The van der Waals surface area contributed by atoms with E-state index in [9.17, 15) is 0 Å². The minimum Gasteiger partial charge on any atom is -0.456 e. The van der Waals surface area contributed by atoms with E-state index in [0.29, 0.717) is 17.5 Å². The minimum atomic E-state index is 0.629. The highest BCUT2D eigenvalue weighted by atomic mass is 16.3. The number of fused-ring (bicyclic) bond motifs is 10. The molecule has 0 saturated heterocycles. The van der Waals surface area contributed by atoms with Crippen molar-refractivity contribution in [2.75, 3.05) is 0 Å². The predicted molar refractivity (Wildman–Crippen MR) is 250 cm³/mol. The Morgan fingerprint density at radius 1 is 0.311 bits per heavy atom. The maximum absolute atomic E-state index is 6.76. The molecular weight excluding hydrogens is 747 g/mol. The first-order valence-corrected chi connectivity index (χ1v) is 20.5. The third-order valence-electron chi connectivity index (χ3n) is 12.2. The van der Waals surface area contributed by atoms with Crippen molar-refractivity contribution in [3.63, 3.8) is 0 Å². The van der Waals surface area contributed by atoms with Crippen LogP contribution in [-0.4, -0.2) is 24.1 Å². The summed E-state index contributed by atoms with van der Waals surface area (Å²) in [6.07, 6.45) is 0. The Labute approximate surface area is 349 Å². The molecule has 284 valence electrons. The van der Waals surface area contributed by atoms with E-state index < -0.39 is 0 Å². The van der Waals surface area contributed by atoms with Gasteiger partial charge in [-0.15, -0.1) is 0 Å². The standard InChI is InChI=1S/C55H33N5O/c1-3-15-34(16-4-1)53-56-54(35-17-5-2-6-18-35)58-55(57-53)43-29-30-49(38-20-8-7-19-37(38)43)60-48-26-14-11-23-41(48)44-33-52-45(32-50(44)60)42-28-27-36(31-51(42)61-52)59-46-24-12-9-21-39(46)40-22-10-13-25-47(40)59/h1-33H. The quantitative estimate of drug-likeness (QED) is 0.175. The smallest absolute Gasteiger partial charge is 0.164 e. The van der Waals surface area contributed by atoms with Gasteiger partial charge in [0.25, 0.3) is 0 Å². The summed E-state index contributed by atoms with van der Waals surface area (Å²) in [5, 5.41) is 9.08. The molecule has 0 atom stereocenters. The van der Waals surface area contributed by atoms with Crippen LogP contribution in [0.5, 0.6) is 0 Å². The van der Waals surface area contributed by atoms with Crippen molar-refractivity contribution in [3.8, 4) is 45.5 Å². The van der Waals surface area contributed by atoms with Crippen LogP contribution in [0.3, 0.4) is 0 Å². The van der Waals surface area contributed by atoms with E-state index in [4.69, 9.17) is 19.4 Å². The first-order chi connectivity index (χ1) is 30.2. The van der Waals surface area contributed by atoms with Crippen molar-refractivity contribution >= 4 is 76.3 Å². The number of rotatable bonds is 5. The van der Waals surface area contributed by atoms with Crippen LogP contribution < -0.4 is 0 Å². The van der Waals surface area contributed by atoms with Crippen molar-refractivity contribution in [2.24, 2.45) is 0 Å². The fourth-order valence-electron chi connectivity index (χ4n) is 9.43. The molecule has 0 spiro atoms. The van der Waals surface area contributed by atoms with Gasteiger partial charge in [-0.25, -0.2) is 15.0 Å². The minimum absolute atomic E-state index is 0.629. The Morgan fingerprint density at radius 2 is 0.820 bits per heavy atom. The monoisotopic (exact) mass is 779 g/mol. The van der Waals surface area contributed by atoms with Gasteiger partial charge in [-0.2, -0.15) is 0 Å². The van der Waals surface area contributed by atoms with E-state index in [2.05, 4.69) is 149 Å². The molecule has 0 aliphatic rings. The molecule has 0 bridgehead atoms. The van der Waals surface area contributed by atoms with E-state index >= 15 is 0 Å². The average molecular weight is 780 g/mol. The van der Waals surface area contributed by atoms with Gasteiger partial charge in [0.05, 0.1) is 27.8 Å². The van der Waals surface area contributed by atoms with Gasteiger partial charge in [-0.1, -0.05) is 140 Å². The summed E-state index contributed by atoms with van der Waals surface area (Å²) >= 11 is 0. The van der Waals surface area contributed by atoms with Crippen LogP contribution in [0.4, 0.5) is 0 Å². The van der Waals surface area contributed by atoms with Crippen LogP contribution in [0.1, 0.15) is 0 Å². The molecule has 4 heterocycles. The van der Waals surface area contributed by atoms with Gasteiger partial charge in [0, 0.05) is 66.1 Å². The number of furan rings is 1. The molecule has 0 unspecified atom stereocenters. The lowest BCUT2D eigenvalue weighted by Crippen LogP contribution is -2.01. The summed E-state index contributed by atoms with van der Waals surface area (Å²) in [6.45, 7) is 0. The van der Waals surface area contributed by atoms with Gasteiger partial charge in [-0.05, 0) is 60.0 Å². The van der Waals surface area contributed by atoms with Crippen LogP contribution in [0.2, 0.25) is 0 Å². The number of para-hydroxylation sites is 3. The Balaban J connectivity index is 1.01. The van der Waals surface area contributed by atoms with Gasteiger partial charge in [0.15, 0.2) is 17.5 Å². The van der Waals surface area contributed by atoms with E-state index in [1.165, 1.54) is 21.8 Å². The second-order valence-electron chi connectivity index (χ2n) is 15.6. The van der Waals surface area contributed by atoms with Crippen molar-refractivity contribution in [1.82, 2.24) is 24.1 Å². The van der Waals surface area contributed by atoms with Crippen molar-refractivity contribution in [1.29, 1.82) is 0 Å². The highest BCUT2D eigenvalue weighted by Crippen LogP contribution is 2.42. The topological polar surface area (TPSA) is 61.7 Å². The lowest BCUT2D eigenvalue weighted by atomic mass is 10.0. The number of hydrogen-bond donors (Lipinski definition) is 0. The van der Waals surface area contributed by atoms with Crippen LogP contribution in [-0.2, 0) is 0 Å². The molecule has 0 aliphatic carbocycles. The summed E-state index contributed by atoms with van der Waals surface area (Å²) in [5.74, 6) is 1.90. The molecule has 6 nitrogen and oxygen atoms in total. The van der Waals surface area contributed by atoms with Gasteiger partial charge in [-0.3, -0.25) is 0 Å². The second kappa shape index (κ2) is 13.1. The SMILES string of the molecule is c1ccc(-c2nc(-c3ccccc3)nc(-c3ccc(-n4c5ccccc5c5cc6oc7cc(-n8c9ccccc9c9ccccc98)ccc7c6cc54)c4ccccc34)n2)cc1. The molecule has 0 N–H and O–H groups in total. The Hall–Kier alpha value is -8.35. The van der Waals surface area contributed by atoms with Crippen molar-refractivity contribution in [2.45, 2.75) is 0 Å². The van der Waals surface area contributed by atoms with Gasteiger partial charge in [0.2, 0.25) is 0 Å². The Kier molecular flexibility index (Phi) is 7.21. The third kappa shape index (κ3) is 5.12. The number of nitrogens with zero attached hydrogens (tertiary/aromatic N) is 5. The Morgan fingerprint density at radius 3 is 1.46 bits per heavy atom. The summed E-state index contributed by atoms with van der Waals surface area (Å²) in [5.41, 5.74) is 11.3. The molecular formula is C55H33N5O. The normalized spacial score (nSPS) is 11.9. The van der Waals surface area contributed by atoms with E-state index in [1.807, 2.05) is 60.7 Å². The zero-order valence-electron chi connectivity index (χ0n) is 32.7. The molecule has 6 heteroatoms. The molecule has 9 aromatic carbocycles. The van der Waals surface area contributed by atoms with Crippen LogP contribution >= 0.6 is 0 Å². The van der Waals surface area contributed by atoms with Crippen LogP contribution in [0.15, 0.2) is 205 Å². The molecule has 13 aromatic rings. The molecule has 13 rings (SSSR count). The van der Waals surface area contributed by atoms with Gasteiger partial charge >= 0.3 is 0 Å². The maximum Gasteiger partial charge on any atom is 0.164 e. The van der Waals surface area contributed by atoms with Crippen molar-refractivity contribution < 1.29 is 4.42 Å². The molecule has 4 aromatic heterocycles. The predicted octanol–water partition coefficient (Wildman–Crippen LogP) is 14.1. The second-order valence-corrected chi connectivity index (χ2v) is 15.6. The molecule has 0 radical (unpaired) electrons. The average Bonchev–Trinajstić information content (AvgIpc) is 3.97.